The van der Waals surface area contributed by atoms with Gasteiger partial charge in [-0.15, -0.1) is 0 Å². The minimum atomic E-state index is -0.299. The van der Waals surface area contributed by atoms with Crippen LogP contribution in [0, 0.1) is 18.3 Å². The number of nitriles is 1. The Morgan fingerprint density at radius 3 is 2.97 bits per heavy atom. The molecule has 0 bridgehead atoms. The summed E-state index contributed by atoms with van der Waals surface area (Å²) < 4.78 is 1.80. The lowest BCUT2D eigenvalue weighted by Crippen LogP contribution is -2.44. The van der Waals surface area contributed by atoms with Gasteiger partial charge in [-0.2, -0.15) is 15.3 Å². The maximum absolute atomic E-state index is 12.0. The molecule has 10 heteroatoms. The first-order chi connectivity index (χ1) is 14.4. The minimum Gasteiger partial charge on any atom is -0.350 e. The number of likely N-dealkylation sites (N-methyl/N-ethyl adjacent to an activating group) is 1. The van der Waals surface area contributed by atoms with E-state index in [1.165, 1.54) is 0 Å². The summed E-state index contributed by atoms with van der Waals surface area (Å²) in [4.78, 5) is 26.9. The van der Waals surface area contributed by atoms with Crippen molar-refractivity contribution in [3.8, 4) is 6.07 Å². The molecule has 0 saturated carbocycles. The summed E-state index contributed by atoms with van der Waals surface area (Å²) in [7, 11) is 1.85. The van der Waals surface area contributed by atoms with Gasteiger partial charge in [0.2, 0.25) is 11.9 Å². The van der Waals surface area contributed by atoms with Gasteiger partial charge in [0, 0.05) is 31.5 Å². The van der Waals surface area contributed by atoms with Crippen molar-refractivity contribution in [2.24, 2.45) is 0 Å². The van der Waals surface area contributed by atoms with E-state index in [1.54, 1.807) is 23.1 Å². The molecule has 0 fully saturated rings. The molecule has 1 aliphatic heterocycles. The average molecular weight is 403 g/mol. The zero-order chi connectivity index (χ0) is 21.3. The maximum atomic E-state index is 12.0. The second-order valence-electron chi connectivity index (χ2n) is 7.17. The fourth-order valence-electron chi connectivity index (χ4n) is 3.21. The molecule has 3 aromatic rings. The number of hydrogen-bond acceptors (Lipinski definition) is 8. The van der Waals surface area contributed by atoms with E-state index < -0.39 is 0 Å². The smallest absolute Gasteiger partial charge is 0.246 e. The van der Waals surface area contributed by atoms with Crippen LogP contribution in [0.3, 0.4) is 0 Å². The molecule has 4 rings (SSSR count). The van der Waals surface area contributed by atoms with Crippen LogP contribution in [0.2, 0.25) is 0 Å². The third-order valence-corrected chi connectivity index (χ3v) is 5.03. The van der Waals surface area contributed by atoms with Crippen molar-refractivity contribution < 1.29 is 4.79 Å². The van der Waals surface area contributed by atoms with Gasteiger partial charge in [0.1, 0.15) is 23.5 Å². The summed E-state index contributed by atoms with van der Waals surface area (Å²) in [6.45, 7) is 4.73. The molecule has 1 aliphatic rings. The number of nitrogens with one attached hydrogen (secondary N) is 2. The summed E-state index contributed by atoms with van der Waals surface area (Å²) in [6.07, 6.45) is 5.33. The minimum absolute atomic E-state index is 0.0686. The molecule has 0 radical (unpaired) electrons. The number of rotatable bonds is 5. The lowest BCUT2D eigenvalue weighted by atomic mass is 10.2. The van der Waals surface area contributed by atoms with E-state index in [1.807, 2.05) is 44.1 Å². The fraction of sp³-hybridized carbons (Fsp3) is 0.300. The number of aromatic nitrogens is 5. The van der Waals surface area contributed by atoms with Gasteiger partial charge in [0.25, 0.3) is 0 Å². The molecule has 30 heavy (non-hydrogen) atoms. The van der Waals surface area contributed by atoms with Crippen LogP contribution >= 0.6 is 0 Å². The van der Waals surface area contributed by atoms with Crippen LogP contribution in [-0.4, -0.2) is 43.7 Å². The normalized spacial score (nSPS) is 15.3. The van der Waals surface area contributed by atoms with Crippen molar-refractivity contribution in [2.75, 3.05) is 22.6 Å². The van der Waals surface area contributed by atoms with E-state index in [0.29, 0.717) is 41.9 Å². The SMILES string of the molecule is Cc1nc(NCc2cnn(Cc3ccnc(C#N)c3)c2)nc2c1NC(=O)[C@H](C)N2C. The van der Waals surface area contributed by atoms with Crippen LogP contribution in [0.5, 0.6) is 0 Å². The van der Waals surface area contributed by atoms with Crippen LogP contribution in [0.4, 0.5) is 17.5 Å². The molecule has 0 aromatic carbocycles. The van der Waals surface area contributed by atoms with Gasteiger partial charge in [0.05, 0.1) is 18.4 Å². The summed E-state index contributed by atoms with van der Waals surface area (Å²) in [5.41, 5.74) is 3.66. The standard InChI is InChI=1S/C20H21N9O/c1-12-17-18(28(3)13(2)19(30)26-17)27-20(25-12)23-8-15-9-24-29(11-15)10-14-4-5-22-16(6-14)7-21/h4-6,9,11,13H,8,10H2,1-3H3,(H,26,30)(H,23,25,27)/t13-/m0/s1. The van der Waals surface area contributed by atoms with Crippen LogP contribution in [0.15, 0.2) is 30.7 Å². The summed E-state index contributed by atoms with van der Waals surface area (Å²) in [6, 6.07) is 5.35. The second kappa shape index (κ2) is 7.79. The lowest BCUT2D eigenvalue weighted by Gasteiger charge is -2.32. The highest BCUT2D eigenvalue weighted by atomic mass is 16.2. The van der Waals surface area contributed by atoms with E-state index in [4.69, 9.17) is 5.26 Å². The van der Waals surface area contributed by atoms with Crippen LogP contribution in [-0.2, 0) is 17.9 Å². The van der Waals surface area contributed by atoms with E-state index in [0.717, 1.165) is 11.1 Å². The first-order valence-corrected chi connectivity index (χ1v) is 9.47. The second-order valence-corrected chi connectivity index (χ2v) is 7.17. The maximum Gasteiger partial charge on any atom is 0.246 e. The summed E-state index contributed by atoms with van der Waals surface area (Å²) >= 11 is 0. The van der Waals surface area contributed by atoms with E-state index in [9.17, 15) is 4.79 Å². The Hall–Kier alpha value is -4.00. The zero-order valence-corrected chi connectivity index (χ0v) is 16.9. The van der Waals surface area contributed by atoms with Crippen molar-refractivity contribution in [1.82, 2.24) is 24.7 Å². The highest BCUT2D eigenvalue weighted by Gasteiger charge is 2.30. The number of amides is 1. The van der Waals surface area contributed by atoms with Crippen LogP contribution < -0.4 is 15.5 Å². The van der Waals surface area contributed by atoms with Crippen LogP contribution in [0.1, 0.15) is 29.4 Å². The van der Waals surface area contributed by atoms with Gasteiger partial charge in [-0.3, -0.25) is 9.48 Å². The number of pyridine rings is 1. The Balaban J connectivity index is 1.45. The lowest BCUT2D eigenvalue weighted by molar-refractivity contribution is -0.117. The molecule has 1 atom stereocenters. The predicted molar refractivity (Wildman–Crippen MR) is 111 cm³/mol. The third-order valence-electron chi connectivity index (χ3n) is 5.03. The van der Waals surface area contributed by atoms with E-state index in [-0.39, 0.29) is 11.9 Å². The van der Waals surface area contributed by atoms with Gasteiger partial charge in [-0.05, 0) is 31.5 Å². The fourth-order valence-corrected chi connectivity index (χ4v) is 3.21. The molecular weight excluding hydrogens is 382 g/mol. The Morgan fingerprint density at radius 1 is 1.33 bits per heavy atom. The molecule has 152 valence electrons. The highest BCUT2D eigenvalue weighted by Crippen LogP contribution is 2.32. The quantitative estimate of drug-likeness (QED) is 0.659. The molecule has 0 unspecified atom stereocenters. The topological polar surface area (TPSA) is 125 Å². The van der Waals surface area contributed by atoms with Crippen molar-refractivity contribution in [3.63, 3.8) is 0 Å². The van der Waals surface area contributed by atoms with Gasteiger partial charge < -0.3 is 15.5 Å². The number of hydrogen-bond donors (Lipinski definition) is 2. The molecule has 1 amide bonds. The molecular formula is C20H21N9O. The molecule has 3 aromatic heterocycles. The van der Waals surface area contributed by atoms with Gasteiger partial charge in [-0.25, -0.2) is 9.97 Å². The molecule has 4 heterocycles. The number of carbonyl (C=O) groups excluding carboxylic acids is 1. The largest absolute Gasteiger partial charge is 0.350 e. The van der Waals surface area contributed by atoms with Crippen LogP contribution in [0.25, 0.3) is 0 Å². The van der Waals surface area contributed by atoms with Crippen molar-refractivity contribution in [2.45, 2.75) is 33.0 Å². The van der Waals surface area contributed by atoms with E-state index in [2.05, 4.69) is 30.7 Å². The number of carbonyl (C=O) groups is 1. The third kappa shape index (κ3) is 3.77. The van der Waals surface area contributed by atoms with Gasteiger partial charge in [-0.1, -0.05) is 0 Å². The molecule has 0 spiro atoms. The summed E-state index contributed by atoms with van der Waals surface area (Å²) in [5, 5.41) is 19.4. The van der Waals surface area contributed by atoms with E-state index >= 15 is 0 Å². The Kier molecular flexibility index (Phi) is 5.02. The Labute approximate surface area is 173 Å². The highest BCUT2D eigenvalue weighted by molar-refractivity contribution is 6.03. The zero-order valence-electron chi connectivity index (χ0n) is 16.9. The van der Waals surface area contributed by atoms with Gasteiger partial charge >= 0.3 is 0 Å². The van der Waals surface area contributed by atoms with Crippen molar-refractivity contribution >= 4 is 23.4 Å². The number of fused-ring (bicyclic) bond motifs is 1. The molecule has 10 nitrogen and oxygen atoms in total. The number of aryl methyl sites for hydroxylation is 1. The number of nitrogens with zero attached hydrogens (tertiary/aromatic N) is 7. The number of anilines is 3. The first kappa shape index (κ1) is 19.3. The molecule has 2 N–H and O–H groups in total. The van der Waals surface area contributed by atoms with Gasteiger partial charge in [0.15, 0.2) is 5.82 Å². The van der Waals surface area contributed by atoms with Crippen molar-refractivity contribution in [1.29, 1.82) is 5.26 Å². The Morgan fingerprint density at radius 2 is 2.17 bits per heavy atom. The predicted octanol–water partition coefficient (Wildman–Crippen LogP) is 1.69. The summed E-state index contributed by atoms with van der Waals surface area (Å²) in [5.74, 6) is 1.11. The van der Waals surface area contributed by atoms with Crippen molar-refractivity contribution in [3.05, 3.63) is 53.2 Å². The first-order valence-electron chi connectivity index (χ1n) is 9.47. The molecule has 0 saturated heterocycles. The Bertz CT molecular complexity index is 1150. The molecule has 0 aliphatic carbocycles. The monoisotopic (exact) mass is 403 g/mol. The average Bonchev–Trinajstić information content (AvgIpc) is 3.19.